The highest BCUT2D eigenvalue weighted by atomic mass is 19.1. The predicted octanol–water partition coefficient (Wildman–Crippen LogP) is 6.93. The molecule has 0 radical (unpaired) electrons. The van der Waals surface area contributed by atoms with Gasteiger partial charge in [-0.25, -0.2) is 4.39 Å². The van der Waals surface area contributed by atoms with E-state index in [4.69, 9.17) is 14.6 Å². The van der Waals surface area contributed by atoms with Crippen LogP contribution in [0.3, 0.4) is 0 Å². The van der Waals surface area contributed by atoms with E-state index in [1.54, 1.807) is 31.4 Å². The van der Waals surface area contributed by atoms with Gasteiger partial charge in [0.15, 0.2) is 0 Å². The second-order valence-corrected chi connectivity index (χ2v) is 8.81. The first kappa shape index (κ1) is 25.7. The fraction of sp³-hybridized carbons (Fsp3) is 0.200. The molecule has 1 aromatic heterocycles. The zero-order valence-electron chi connectivity index (χ0n) is 21.0. The Hall–Kier alpha value is -4.39. The maximum Gasteiger partial charge on any atom is 0.303 e. The number of aliphatic carboxylic acids is 1. The molecule has 7 heteroatoms. The second kappa shape index (κ2) is 11.6. The van der Waals surface area contributed by atoms with Gasteiger partial charge in [0.2, 0.25) is 11.8 Å². The number of aromatic nitrogens is 1. The summed E-state index contributed by atoms with van der Waals surface area (Å²) in [7, 11) is 1.57. The fourth-order valence-electron chi connectivity index (χ4n) is 4.27. The molecular weight excluding hydrogens is 471 g/mol. The normalized spacial score (nSPS) is 10.7. The summed E-state index contributed by atoms with van der Waals surface area (Å²) in [5.74, 6) is 0.307. The number of nitrogens with zero attached hydrogens (tertiary/aromatic N) is 1. The van der Waals surface area contributed by atoms with Gasteiger partial charge in [-0.3, -0.25) is 4.79 Å². The zero-order valence-corrected chi connectivity index (χ0v) is 21.0. The lowest BCUT2D eigenvalue weighted by Crippen LogP contribution is -2.03. The Bertz CT molecular complexity index is 1400. The highest BCUT2D eigenvalue weighted by Gasteiger charge is 2.11. The van der Waals surface area contributed by atoms with Crippen molar-refractivity contribution >= 4 is 11.7 Å². The highest BCUT2D eigenvalue weighted by Crippen LogP contribution is 2.33. The zero-order chi connectivity index (χ0) is 26.4. The van der Waals surface area contributed by atoms with E-state index < -0.39 is 11.8 Å². The van der Waals surface area contributed by atoms with Crippen LogP contribution in [0.2, 0.25) is 0 Å². The number of rotatable bonds is 10. The molecule has 0 atom stereocenters. The number of methoxy groups -OCH3 is 1. The summed E-state index contributed by atoms with van der Waals surface area (Å²) >= 11 is 0. The number of ether oxygens (including phenoxy) is 2. The van der Waals surface area contributed by atoms with Crippen molar-refractivity contribution in [3.63, 3.8) is 0 Å². The van der Waals surface area contributed by atoms with Crippen LogP contribution in [0.5, 0.6) is 17.5 Å². The quantitative estimate of drug-likeness (QED) is 0.246. The molecule has 1 heterocycles. The van der Waals surface area contributed by atoms with E-state index in [0.717, 1.165) is 27.8 Å². The van der Waals surface area contributed by atoms with Crippen LogP contribution < -0.4 is 14.8 Å². The van der Waals surface area contributed by atoms with Crippen LogP contribution in [0, 0.1) is 19.7 Å². The van der Waals surface area contributed by atoms with Gasteiger partial charge in [-0.15, -0.1) is 0 Å². The number of nitrogens with one attached hydrogen (secondary N) is 1. The Kier molecular flexibility index (Phi) is 8.03. The second-order valence-electron chi connectivity index (χ2n) is 8.81. The molecule has 190 valence electrons. The maximum atomic E-state index is 14.4. The molecule has 0 aliphatic rings. The molecule has 0 fully saturated rings. The van der Waals surface area contributed by atoms with Crippen molar-refractivity contribution < 1.29 is 23.8 Å². The van der Waals surface area contributed by atoms with Crippen LogP contribution in [-0.4, -0.2) is 23.2 Å². The van der Waals surface area contributed by atoms with Gasteiger partial charge in [-0.1, -0.05) is 30.3 Å². The number of carboxylic acids is 1. The van der Waals surface area contributed by atoms with Crippen LogP contribution in [0.25, 0.3) is 11.1 Å². The van der Waals surface area contributed by atoms with Crippen LogP contribution in [0.1, 0.15) is 28.7 Å². The molecule has 0 saturated carbocycles. The van der Waals surface area contributed by atoms with E-state index in [0.29, 0.717) is 35.3 Å². The summed E-state index contributed by atoms with van der Waals surface area (Å²) in [6.45, 7) is 4.62. The number of pyridine rings is 1. The number of carbonyl (C=O) groups is 1. The Morgan fingerprint density at radius 2 is 1.70 bits per heavy atom. The first-order valence-electron chi connectivity index (χ1n) is 12.0. The molecule has 0 saturated heterocycles. The lowest BCUT2D eigenvalue weighted by molar-refractivity contribution is -0.136. The summed E-state index contributed by atoms with van der Waals surface area (Å²) in [6.07, 6.45) is 0.0718. The van der Waals surface area contributed by atoms with E-state index in [9.17, 15) is 9.18 Å². The third kappa shape index (κ3) is 6.64. The van der Waals surface area contributed by atoms with Crippen molar-refractivity contribution in [3.8, 4) is 28.6 Å². The monoisotopic (exact) mass is 500 g/mol. The molecule has 37 heavy (non-hydrogen) atoms. The molecule has 0 amide bonds. The van der Waals surface area contributed by atoms with Gasteiger partial charge in [-0.2, -0.15) is 4.98 Å². The van der Waals surface area contributed by atoms with Crippen LogP contribution in [-0.2, 0) is 17.8 Å². The van der Waals surface area contributed by atoms with E-state index in [-0.39, 0.29) is 12.8 Å². The minimum Gasteiger partial charge on any atom is -0.481 e. The van der Waals surface area contributed by atoms with E-state index >= 15 is 0 Å². The minimum atomic E-state index is -0.942. The molecular formula is C30H29FN2O4. The highest BCUT2D eigenvalue weighted by molar-refractivity contribution is 5.72. The molecule has 3 aromatic carbocycles. The van der Waals surface area contributed by atoms with Gasteiger partial charge < -0.3 is 19.9 Å². The van der Waals surface area contributed by atoms with Crippen molar-refractivity contribution in [2.24, 2.45) is 0 Å². The molecule has 4 rings (SSSR count). The van der Waals surface area contributed by atoms with Crippen molar-refractivity contribution in [3.05, 3.63) is 101 Å². The summed E-state index contributed by atoms with van der Waals surface area (Å²) in [4.78, 5) is 15.1. The Balaban J connectivity index is 1.47. The molecule has 0 bridgehead atoms. The lowest BCUT2D eigenvalue weighted by atomic mass is 9.94. The molecule has 0 unspecified atom stereocenters. The number of anilines is 1. The number of hydrogen-bond acceptors (Lipinski definition) is 5. The number of benzene rings is 3. The lowest BCUT2D eigenvalue weighted by Gasteiger charge is -2.15. The largest absolute Gasteiger partial charge is 0.481 e. The fourth-order valence-corrected chi connectivity index (χ4v) is 4.27. The molecule has 0 aliphatic heterocycles. The average Bonchev–Trinajstić information content (AvgIpc) is 2.87. The van der Waals surface area contributed by atoms with Crippen LogP contribution in [0.15, 0.2) is 72.8 Å². The number of halogens is 1. The summed E-state index contributed by atoms with van der Waals surface area (Å²) in [6, 6.07) is 22.4. The number of hydrogen-bond donors (Lipinski definition) is 2. The molecule has 2 N–H and O–H groups in total. The van der Waals surface area contributed by atoms with Gasteiger partial charge in [-0.05, 0) is 84.0 Å². The standard InChI is InChI=1S/C30H29FN2O4/c1-19-14-25(37-28-9-5-8-27(33-28)36-3)15-20(2)30(19)23-7-4-6-21(16-23)18-32-24-12-10-22(26(31)17-24)11-13-29(34)35/h4-10,12,14-17,32H,11,13,18H2,1-3H3,(H,34,35). The van der Waals surface area contributed by atoms with Crippen molar-refractivity contribution in [1.29, 1.82) is 0 Å². The number of aryl methyl sites for hydroxylation is 3. The Morgan fingerprint density at radius 1 is 0.973 bits per heavy atom. The molecule has 0 spiro atoms. The molecule has 4 aromatic rings. The van der Waals surface area contributed by atoms with Crippen LogP contribution in [0.4, 0.5) is 10.1 Å². The predicted molar refractivity (Wildman–Crippen MR) is 142 cm³/mol. The van der Waals surface area contributed by atoms with Gasteiger partial charge in [0.25, 0.3) is 0 Å². The van der Waals surface area contributed by atoms with E-state index in [1.165, 1.54) is 6.07 Å². The van der Waals surface area contributed by atoms with Gasteiger partial charge >= 0.3 is 5.97 Å². The van der Waals surface area contributed by atoms with E-state index in [2.05, 4.69) is 22.4 Å². The van der Waals surface area contributed by atoms with Crippen molar-refractivity contribution in [1.82, 2.24) is 4.98 Å². The van der Waals surface area contributed by atoms with Gasteiger partial charge in [0, 0.05) is 30.8 Å². The average molecular weight is 501 g/mol. The van der Waals surface area contributed by atoms with Gasteiger partial charge in [0.05, 0.1) is 7.11 Å². The topological polar surface area (TPSA) is 80.7 Å². The summed E-state index contributed by atoms with van der Waals surface area (Å²) in [5, 5.41) is 12.1. The first-order chi connectivity index (χ1) is 17.8. The number of carboxylic acid groups (broad SMARTS) is 1. The third-order valence-electron chi connectivity index (χ3n) is 6.01. The Labute approximate surface area is 215 Å². The Morgan fingerprint density at radius 3 is 2.41 bits per heavy atom. The van der Waals surface area contributed by atoms with Crippen molar-refractivity contribution in [2.45, 2.75) is 33.2 Å². The first-order valence-corrected chi connectivity index (χ1v) is 12.0. The SMILES string of the molecule is COc1cccc(Oc2cc(C)c(-c3cccc(CNc4ccc(CCC(=O)O)c(F)c4)c3)c(C)c2)n1. The minimum absolute atomic E-state index is 0.0969. The van der Waals surface area contributed by atoms with Crippen molar-refractivity contribution in [2.75, 3.05) is 12.4 Å². The maximum absolute atomic E-state index is 14.4. The molecule has 6 nitrogen and oxygen atoms in total. The van der Waals surface area contributed by atoms with Gasteiger partial charge in [0.1, 0.15) is 11.6 Å². The third-order valence-corrected chi connectivity index (χ3v) is 6.01. The molecule has 0 aliphatic carbocycles. The summed E-state index contributed by atoms with van der Waals surface area (Å²) < 4.78 is 25.5. The smallest absolute Gasteiger partial charge is 0.303 e. The van der Waals surface area contributed by atoms with Crippen LogP contribution >= 0.6 is 0 Å². The summed E-state index contributed by atoms with van der Waals surface area (Å²) in [5.41, 5.74) is 6.44. The van der Waals surface area contributed by atoms with E-state index in [1.807, 2.05) is 44.2 Å².